The van der Waals surface area contributed by atoms with Crippen LogP contribution in [0.3, 0.4) is 0 Å². The molecule has 1 fully saturated rings. The van der Waals surface area contributed by atoms with E-state index < -0.39 is 0 Å². The third-order valence-electron chi connectivity index (χ3n) is 2.29. The molecule has 1 aromatic carbocycles. The zero-order chi connectivity index (χ0) is 10.7. The van der Waals surface area contributed by atoms with Gasteiger partial charge in [-0.05, 0) is 40.9 Å². The molecular formula is C10H11BrFN3. The molecule has 0 aromatic heterocycles. The van der Waals surface area contributed by atoms with Crippen molar-refractivity contribution in [2.75, 3.05) is 13.1 Å². The summed E-state index contributed by atoms with van der Waals surface area (Å²) in [5, 5.41) is 9.75. The van der Waals surface area contributed by atoms with Crippen molar-refractivity contribution in [3.63, 3.8) is 0 Å². The van der Waals surface area contributed by atoms with E-state index in [0.29, 0.717) is 4.47 Å². The first-order chi connectivity index (χ1) is 7.27. The molecule has 0 aliphatic carbocycles. The summed E-state index contributed by atoms with van der Waals surface area (Å²) in [5.74, 6) is -0.361. The van der Waals surface area contributed by atoms with Crippen LogP contribution in [0, 0.1) is 5.82 Å². The van der Waals surface area contributed by atoms with E-state index in [-0.39, 0.29) is 11.5 Å². The standard InChI is InChI=1S/C10H11BrFN3/c11-8-4-3-5-9(10(8)12)13-14-15-6-1-2-7-15/h3-5H,1-2,6-7H2. The van der Waals surface area contributed by atoms with Crippen LogP contribution in [0.25, 0.3) is 0 Å². The zero-order valence-corrected chi connectivity index (χ0v) is 9.74. The quantitative estimate of drug-likeness (QED) is 0.755. The highest BCUT2D eigenvalue weighted by molar-refractivity contribution is 9.10. The van der Waals surface area contributed by atoms with Crippen molar-refractivity contribution in [2.45, 2.75) is 12.8 Å². The Labute approximate surface area is 96.1 Å². The molecule has 2 rings (SSSR count). The Morgan fingerprint density at radius 2 is 2.00 bits per heavy atom. The predicted molar refractivity (Wildman–Crippen MR) is 59.4 cm³/mol. The molecule has 0 radical (unpaired) electrons. The average molecular weight is 272 g/mol. The third kappa shape index (κ3) is 2.53. The van der Waals surface area contributed by atoms with Gasteiger partial charge in [-0.3, -0.25) is 5.01 Å². The van der Waals surface area contributed by atoms with E-state index in [1.54, 1.807) is 18.2 Å². The fourth-order valence-electron chi connectivity index (χ4n) is 1.47. The minimum Gasteiger partial charge on any atom is -0.278 e. The lowest BCUT2D eigenvalue weighted by molar-refractivity contribution is 0.336. The van der Waals surface area contributed by atoms with E-state index >= 15 is 0 Å². The lowest BCUT2D eigenvalue weighted by Crippen LogP contribution is -2.09. The van der Waals surface area contributed by atoms with Crippen molar-refractivity contribution in [1.29, 1.82) is 0 Å². The van der Waals surface area contributed by atoms with E-state index in [0.717, 1.165) is 25.9 Å². The summed E-state index contributed by atoms with van der Waals surface area (Å²) in [5.41, 5.74) is 0.274. The molecule has 3 nitrogen and oxygen atoms in total. The van der Waals surface area contributed by atoms with Gasteiger partial charge in [0.2, 0.25) is 0 Å². The van der Waals surface area contributed by atoms with Crippen LogP contribution in [0.1, 0.15) is 12.8 Å². The second-order valence-corrected chi connectivity index (χ2v) is 4.28. The number of halogens is 2. The maximum atomic E-state index is 13.5. The van der Waals surface area contributed by atoms with E-state index in [2.05, 4.69) is 26.3 Å². The lowest BCUT2D eigenvalue weighted by Gasteiger charge is -2.06. The largest absolute Gasteiger partial charge is 0.278 e. The molecule has 15 heavy (non-hydrogen) atoms. The molecule has 0 amide bonds. The molecule has 0 saturated carbocycles. The first kappa shape index (κ1) is 10.5. The average Bonchev–Trinajstić information content (AvgIpc) is 2.73. The Morgan fingerprint density at radius 3 is 2.73 bits per heavy atom. The van der Waals surface area contributed by atoms with Crippen LogP contribution >= 0.6 is 15.9 Å². The monoisotopic (exact) mass is 271 g/mol. The van der Waals surface area contributed by atoms with Crippen molar-refractivity contribution in [2.24, 2.45) is 10.3 Å². The van der Waals surface area contributed by atoms with E-state index in [1.807, 2.05) is 5.01 Å². The Balaban J connectivity index is 2.12. The normalized spacial score (nSPS) is 16.5. The van der Waals surface area contributed by atoms with Crippen LogP contribution in [-0.2, 0) is 0 Å². The Kier molecular flexibility index (Phi) is 3.30. The van der Waals surface area contributed by atoms with Crippen molar-refractivity contribution in [3.8, 4) is 0 Å². The van der Waals surface area contributed by atoms with Gasteiger partial charge in [-0.1, -0.05) is 11.3 Å². The Hall–Kier alpha value is -0.970. The third-order valence-corrected chi connectivity index (χ3v) is 2.91. The highest BCUT2D eigenvalue weighted by Gasteiger charge is 2.09. The van der Waals surface area contributed by atoms with Gasteiger partial charge in [-0.2, -0.15) is 0 Å². The summed E-state index contributed by atoms with van der Waals surface area (Å²) in [6.45, 7) is 1.83. The van der Waals surface area contributed by atoms with Crippen LogP contribution in [0.5, 0.6) is 0 Å². The fraction of sp³-hybridized carbons (Fsp3) is 0.400. The highest BCUT2D eigenvalue weighted by atomic mass is 79.9. The molecule has 0 atom stereocenters. The van der Waals surface area contributed by atoms with Crippen LogP contribution in [-0.4, -0.2) is 18.1 Å². The van der Waals surface area contributed by atoms with Crippen LogP contribution < -0.4 is 0 Å². The molecule has 0 bridgehead atoms. The maximum Gasteiger partial charge on any atom is 0.164 e. The molecular weight excluding hydrogens is 261 g/mol. The SMILES string of the molecule is Fc1c(Br)cccc1N=NN1CCCC1. The molecule has 1 heterocycles. The Morgan fingerprint density at radius 1 is 1.27 bits per heavy atom. The summed E-state index contributed by atoms with van der Waals surface area (Å²) in [6.07, 6.45) is 2.28. The zero-order valence-electron chi connectivity index (χ0n) is 8.16. The summed E-state index contributed by atoms with van der Waals surface area (Å²) in [4.78, 5) is 0. The minimum atomic E-state index is -0.361. The molecule has 0 N–H and O–H groups in total. The van der Waals surface area contributed by atoms with Crippen molar-refractivity contribution in [3.05, 3.63) is 28.5 Å². The number of hydrogen-bond donors (Lipinski definition) is 0. The topological polar surface area (TPSA) is 28.0 Å². The number of benzene rings is 1. The van der Waals surface area contributed by atoms with Gasteiger partial charge in [0.15, 0.2) is 5.82 Å². The van der Waals surface area contributed by atoms with E-state index in [1.165, 1.54) is 0 Å². The van der Waals surface area contributed by atoms with Crippen LogP contribution in [0.4, 0.5) is 10.1 Å². The molecule has 1 aliphatic rings. The van der Waals surface area contributed by atoms with Crippen molar-refractivity contribution < 1.29 is 4.39 Å². The predicted octanol–water partition coefficient (Wildman–Crippen LogP) is 3.68. The number of hydrogen-bond acceptors (Lipinski definition) is 2. The molecule has 80 valence electrons. The molecule has 0 spiro atoms. The van der Waals surface area contributed by atoms with Gasteiger partial charge in [-0.15, -0.1) is 5.11 Å². The Bertz CT molecular complexity index is 375. The van der Waals surface area contributed by atoms with E-state index in [9.17, 15) is 4.39 Å². The molecule has 1 saturated heterocycles. The molecule has 5 heteroatoms. The first-order valence-corrected chi connectivity index (χ1v) is 5.67. The highest BCUT2D eigenvalue weighted by Crippen LogP contribution is 2.25. The lowest BCUT2D eigenvalue weighted by atomic mass is 10.3. The van der Waals surface area contributed by atoms with Gasteiger partial charge in [-0.25, -0.2) is 4.39 Å². The van der Waals surface area contributed by atoms with Crippen LogP contribution in [0.15, 0.2) is 33.0 Å². The van der Waals surface area contributed by atoms with Gasteiger partial charge in [0, 0.05) is 13.1 Å². The molecule has 1 aliphatic heterocycles. The first-order valence-electron chi connectivity index (χ1n) is 4.88. The smallest absolute Gasteiger partial charge is 0.164 e. The second-order valence-electron chi connectivity index (χ2n) is 3.42. The van der Waals surface area contributed by atoms with Gasteiger partial charge in [0.1, 0.15) is 5.69 Å². The van der Waals surface area contributed by atoms with Crippen LogP contribution in [0.2, 0.25) is 0 Å². The molecule has 0 unspecified atom stereocenters. The minimum absolute atomic E-state index is 0.274. The van der Waals surface area contributed by atoms with Gasteiger partial charge in [0.05, 0.1) is 4.47 Å². The molecule has 1 aromatic rings. The van der Waals surface area contributed by atoms with E-state index in [4.69, 9.17) is 0 Å². The van der Waals surface area contributed by atoms with Gasteiger partial charge in [0.25, 0.3) is 0 Å². The van der Waals surface area contributed by atoms with Gasteiger partial charge < -0.3 is 0 Å². The summed E-state index contributed by atoms with van der Waals surface area (Å²) < 4.78 is 13.9. The van der Waals surface area contributed by atoms with Crippen molar-refractivity contribution >= 4 is 21.6 Å². The fourth-order valence-corrected chi connectivity index (χ4v) is 1.83. The summed E-state index contributed by atoms with van der Waals surface area (Å²) >= 11 is 3.11. The van der Waals surface area contributed by atoms with Gasteiger partial charge >= 0.3 is 0 Å². The summed E-state index contributed by atoms with van der Waals surface area (Å²) in [7, 11) is 0. The number of nitrogens with zero attached hydrogens (tertiary/aromatic N) is 3. The summed E-state index contributed by atoms with van der Waals surface area (Å²) in [6, 6.07) is 5.00. The van der Waals surface area contributed by atoms with Crippen molar-refractivity contribution in [1.82, 2.24) is 5.01 Å². The number of rotatable bonds is 2. The second kappa shape index (κ2) is 4.70. The maximum absolute atomic E-state index is 13.5.